The third-order valence-electron chi connectivity index (χ3n) is 5.72. The van der Waals surface area contributed by atoms with Crippen LogP contribution < -0.4 is 0 Å². The van der Waals surface area contributed by atoms with Crippen LogP contribution in [0.5, 0.6) is 0 Å². The van der Waals surface area contributed by atoms with Crippen molar-refractivity contribution in [2.24, 2.45) is 0 Å². The van der Waals surface area contributed by atoms with Crippen molar-refractivity contribution in [2.75, 3.05) is 6.54 Å². The molecule has 1 heterocycles. The first kappa shape index (κ1) is 19.4. The van der Waals surface area contributed by atoms with Crippen molar-refractivity contribution in [1.29, 1.82) is 0 Å². The average molecular weight is 337 g/mol. The van der Waals surface area contributed by atoms with E-state index in [4.69, 9.17) is 0 Å². The molecule has 2 fully saturated rings. The fourth-order valence-corrected chi connectivity index (χ4v) is 4.42. The van der Waals surface area contributed by atoms with Gasteiger partial charge in [-0.2, -0.15) is 0 Å². The average Bonchev–Trinajstić information content (AvgIpc) is 2.74. The van der Waals surface area contributed by atoms with Gasteiger partial charge in [0.15, 0.2) is 5.78 Å². The Morgan fingerprint density at radius 2 is 1.21 bits per heavy atom. The Balaban J connectivity index is 2.23. The number of Topliss-reactive ketones (excluding diaryl/α,β-unsaturated/α-hetero) is 1. The van der Waals surface area contributed by atoms with Crippen molar-refractivity contribution in [3.63, 3.8) is 0 Å². The summed E-state index contributed by atoms with van der Waals surface area (Å²) in [5, 5.41) is 4.17. The zero-order chi connectivity index (χ0) is 17.4. The first-order valence-electron chi connectivity index (χ1n) is 10.2. The molecule has 1 amide bonds. The van der Waals surface area contributed by atoms with Crippen LogP contribution in [-0.4, -0.2) is 40.3 Å². The van der Waals surface area contributed by atoms with Gasteiger partial charge in [-0.25, -0.2) is 5.01 Å². The Hall–Kier alpha value is -0.900. The van der Waals surface area contributed by atoms with Gasteiger partial charge in [0.1, 0.15) is 6.04 Å². The number of carbonyl (C=O) groups excluding carboxylic acids is 2. The minimum absolute atomic E-state index is 0.0389. The summed E-state index contributed by atoms with van der Waals surface area (Å²) >= 11 is 0. The molecule has 1 atom stereocenters. The fourth-order valence-electron chi connectivity index (χ4n) is 4.42. The Kier molecular flexibility index (Phi) is 8.23. The van der Waals surface area contributed by atoms with Gasteiger partial charge < -0.3 is 0 Å². The summed E-state index contributed by atoms with van der Waals surface area (Å²) < 4.78 is 0. The quantitative estimate of drug-likeness (QED) is 0.746. The number of hydrogen-bond donors (Lipinski definition) is 0. The van der Waals surface area contributed by atoms with Gasteiger partial charge in [0.05, 0.1) is 0 Å². The third-order valence-corrected chi connectivity index (χ3v) is 5.72. The highest BCUT2D eigenvalue weighted by atomic mass is 16.2. The van der Waals surface area contributed by atoms with E-state index in [1.807, 2.05) is 5.01 Å². The van der Waals surface area contributed by atoms with Gasteiger partial charge in [-0.05, 0) is 32.6 Å². The SMILES string of the molecule is CC(=O)C1CCCCCCN(C2CCCCCCCC2)N1C(C)=O. The van der Waals surface area contributed by atoms with Gasteiger partial charge in [-0.1, -0.05) is 57.8 Å². The largest absolute Gasteiger partial charge is 0.298 e. The highest BCUT2D eigenvalue weighted by Gasteiger charge is 2.34. The molecule has 0 aromatic carbocycles. The lowest BCUT2D eigenvalue weighted by atomic mass is 10.0. The summed E-state index contributed by atoms with van der Waals surface area (Å²) in [5.74, 6) is 0.178. The number of amides is 1. The van der Waals surface area contributed by atoms with Crippen molar-refractivity contribution in [3.05, 3.63) is 0 Å². The Bertz CT molecular complexity index is 400. The van der Waals surface area contributed by atoms with E-state index in [1.165, 1.54) is 51.4 Å². The van der Waals surface area contributed by atoms with E-state index in [1.54, 1.807) is 13.8 Å². The first-order valence-corrected chi connectivity index (χ1v) is 10.2. The molecule has 24 heavy (non-hydrogen) atoms. The van der Waals surface area contributed by atoms with Crippen molar-refractivity contribution < 1.29 is 9.59 Å². The van der Waals surface area contributed by atoms with E-state index >= 15 is 0 Å². The highest BCUT2D eigenvalue weighted by Crippen LogP contribution is 2.27. The summed E-state index contributed by atoms with van der Waals surface area (Å²) in [6.45, 7) is 4.21. The molecule has 0 spiro atoms. The highest BCUT2D eigenvalue weighted by molar-refractivity contribution is 5.86. The Labute approximate surface area is 147 Å². The molecular weight excluding hydrogens is 300 g/mol. The number of carbonyl (C=O) groups is 2. The fraction of sp³-hybridized carbons (Fsp3) is 0.900. The molecular formula is C20H36N2O2. The van der Waals surface area contributed by atoms with Crippen molar-refractivity contribution >= 4 is 11.7 Å². The summed E-state index contributed by atoms with van der Waals surface area (Å²) in [6, 6.07) is 0.167. The van der Waals surface area contributed by atoms with Crippen molar-refractivity contribution in [1.82, 2.24) is 10.0 Å². The molecule has 4 nitrogen and oxygen atoms in total. The number of rotatable bonds is 2. The van der Waals surface area contributed by atoms with E-state index in [-0.39, 0.29) is 17.7 Å². The molecule has 0 bridgehead atoms. The summed E-state index contributed by atoms with van der Waals surface area (Å²) in [6.07, 6.45) is 15.5. The number of nitrogens with zero attached hydrogens (tertiary/aromatic N) is 2. The molecule has 1 aliphatic carbocycles. The maximum Gasteiger partial charge on any atom is 0.234 e. The molecule has 0 N–H and O–H groups in total. The van der Waals surface area contributed by atoms with Crippen LogP contribution in [0.2, 0.25) is 0 Å². The van der Waals surface area contributed by atoms with E-state index in [0.717, 1.165) is 38.6 Å². The van der Waals surface area contributed by atoms with Gasteiger partial charge in [-0.15, -0.1) is 0 Å². The molecule has 1 unspecified atom stereocenters. The monoisotopic (exact) mass is 336 g/mol. The van der Waals surface area contributed by atoms with Gasteiger partial charge in [0, 0.05) is 19.5 Å². The van der Waals surface area contributed by atoms with Crippen LogP contribution in [0, 0.1) is 0 Å². The number of hydrogen-bond acceptors (Lipinski definition) is 3. The van der Waals surface area contributed by atoms with E-state index in [9.17, 15) is 9.59 Å². The molecule has 1 saturated heterocycles. The molecule has 0 radical (unpaired) electrons. The van der Waals surface area contributed by atoms with E-state index in [0.29, 0.717) is 6.04 Å². The Morgan fingerprint density at radius 3 is 1.75 bits per heavy atom. The van der Waals surface area contributed by atoms with Crippen LogP contribution in [0.4, 0.5) is 0 Å². The van der Waals surface area contributed by atoms with Crippen LogP contribution >= 0.6 is 0 Å². The van der Waals surface area contributed by atoms with Gasteiger partial charge in [0.2, 0.25) is 5.91 Å². The predicted molar refractivity (Wildman–Crippen MR) is 97.5 cm³/mol. The minimum Gasteiger partial charge on any atom is -0.298 e. The van der Waals surface area contributed by atoms with Crippen LogP contribution in [0.15, 0.2) is 0 Å². The van der Waals surface area contributed by atoms with Crippen LogP contribution in [-0.2, 0) is 9.59 Å². The summed E-state index contributed by atoms with van der Waals surface area (Å²) in [7, 11) is 0. The molecule has 1 saturated carbocycles. The zero-order valence-electron chi connectivity index (χ0n) is 15.8. The maximum absolute atomic E-state index is 12.5. The molecule has 2 aliphatic rings. The third kappa shape index (κ3) is 5.58. The molecule has 1 aliphatic heterocycles. The van der Waals surface area contributed by atoms with Gasteiger partial charge >= 0.3 is 0 Å². The normalized spacial score (nSPS) is 26.4. The smallest absolute Gasteiger partial charge is 0.234 e. The second-order valence-electron chi connectivity index (χ2n) is 7.71. The molecule has 0 aromatic heterocycles. The number of ketones is 1. The second kappa shape index (κ2) is 10.2. The van der Waals surface area contributed by atoms with Crippen LogP contribution in [0.25, 0.3) is 0 Å². The zero-order valence-corrected chi connectivity index (χ0v) is 15.8. The summed E-state index contributed by atoms with van der Waals surface area (Å²) in [4.78, 5) is 24.8. The molecule has 2 rings (SSSR count). The molecule has 4 heteroatoms. The first-order chi connectivity index (χ1) is 11.6. The second-order valence-corrected chi connectivity index (χ2v) is 7.71. The van der Waals surface area contributed by atoms with Crippen LogP contribution in [0.3, 0.4) is 0 Å². The lowest BCUT2D eigenvalue weighted by Crippen LogP contribution is -2.57. The topological polar surface area (TPSA) is 40.6 Å². The summed E-state index contributed by atoms with van der Waals surface area (Å²) in [5.41, 5.74) is 0. The van der Waals surface area contributed by atoms with Crippen molar-refractivity contribution in [2.45, 2.75) is 109 Å². The standard InChI is InChI=1S/C20H36N2O2/c1-17(23)20-15-11-7-8-12-16-21(22(20)18(2)24)19-13-9-5-3-4-6-10-14-19/h19-20H,3-16H2,1-2H3. The predicted octanol–water partition coefficient (Wildman–Crippen LogP) is 4.48. The molecule has 0 aromatic rings. The van der Waals surface area contributed by atoms with Gasteiger partial charge in [-0.3, -0.25) is 14.6 Å². The minimum atomic E-state index is -0.256. The van der Waals surface area contributed by atoms with E-state index < -0.39 is 0 Å². The van der Waals surface area contributed by atoms with Crippen LogP contribution in [0.1, 0.15) is 97.3 Å². The maximum atomic E-state index is 12.5. The van der Waals surface area contributed by atoms with Gasteiger partial charge in [0.25, 0.3) is 0 Å². The van der Waals surface area contributed by atoms with E-state index in [2.05, 4.69) is 5.01 Å². The lowest BCUT2D eigenvalue weighted by Gasteiger charge is -2.43. The Morgan fingerprint density at radius 1 is 0.708 bits per heavy atom. The number of hydrazine groups is 1. The lowest BCUT2D eigenvalue weighted by molar-refractivity contribution is -0.165. The molecule has 138 valence electrons. The van der Waals surface area contributed by atoms with Crippen molar-refractivity contribution in [3.8, 4) is 0 Å².